The van der Waals surface area contributed by atoms with Crippen LogP contribution in [0.25, 0.3) is 22.0 Å². The van der Waals surface area contributed by atoms with Gasteiger partial charge in [-0.2, -0.15) is 5.10 Å². The van der Waals surface area contributed by atoms with E-state index in [1.165, 1.54) is 31.5 Å². The molecule has 5 rings (SSSR count). The molecule has 0 saturated heterocycles. The summed E-state index contributed by atoms with van der Waals surface area (Å²) in [6, 6.07) is 22.4. The van der Waals surface area contributed by atoms with Crippen molar-refractivity contribution in [1.82, 2.24) is 10.4 Å². The number of benzene rings is 4. The van der Waals surface area contributed by atoms with Crippen molar-refractivity contribution in [2.75, 3.05) is 7.11 Å². The summed E-state index contributed by atoms with van der Waals surface area (Å²) in [7, 11) is 1.43. The van der Waals surface area contributed by atoms with Crippen molar-refractivity contribution in [3.05, 3.63) is 118 Å². The number of halogens is 3. The summed E-state index contributed by atoms with van der Waals surface area (Å²) < 4.78 is 24.9. The van der Waals surface area contributed by atoms with Gasteiger partial charge in [0.05, 0.1) is 13.3 Å². The third-order valence-corrected chi connectivity index (χ3v) is 6.57. The molecule has 0 aliphatic heterocycles. The van der Waals surface area contributed by atoms with Crippen molar-refractivity contribution in [3.63, 3.8) is 0 Å². The fraction of sp³-hybridized carbons (Fsp3) is 0.0333. The molecule has 0 saturated carbocycles. The average Bonchev–Trinajstić information content (AvgIpc) is 3.32. The average molecular weight is 576 g/mol. The number of nitrogens with zero attached hydrogens (tertiary/aromatic N) is 1. The van der Waals surface area contributed by atoms with Crippen molar-refractivity contribution in [1.29, 1.82) is 0 Å². The van der Waals surface area contributed by atoms with E-state index in [9.17, 15) is 14.0 Å². The molecule has 2 N–H and O–H groups in total. The van der Waals surface area contributed by atoms with Crippen LogP contribution in [0.5, 0.6) is 11.5 Å². The van der Waals surface area contributed by atoms with Crippen LogP contribution in [0.15, 0.2) is 90.0 Å². The van der Waals surface area contributed by atoms with Gasteiger partial charge < -0.3 is 14.5 Å². The largest absolute Gasteiger partial charge is 0.496 e. The number of aromatic nitrogens is 1. The number of fused-ring (bicyclic) bond motifs is 1. The highest BCUT2D eigenvalue weighted by molar-refractivity contribution is 6.34. The van der Waals surface area contributed by atoms with Crippen LogP contribution in [-0.4, -0.2) is 30.2 Å². The summed E-state index contributed by atoms with van der Waals surface area (Å²) in [5, 5.41) is 5.31. The highest BCUT2D eigenvalue weighted by atomic mass is 35.5. The molecule has 40 heavy (non-hydrogen) atoms. The van der Waals surface area contributed by atoms with E-state index in [1.54, 1.807) is 66.7 Å². The van der Waals surface area contributed by atoms with Gasteiger partial charge in [-0.1, -0.05) is 53.5 Å². The lowest BCUT2D eigenvalue weighted by molar-refractivity contribution is 0.0730. The monoisotopic (exact) mass is 575 g/mol. The van der Waals surface area contributed by atoms with Crippen LogP contribution in [0.2, 0.25) is 10.0 Å². The molecule has 0 unspecified atom stereocenters. The Labute approximate surface area is 238 Å². The van der Waals surface area contributed by atoms with E-state index < -0.39 is 17.7 Å². The molecule has 1 aromatic heterocycles. The fourth-order valence-corrected chi connectivity index (χ4v) is 4.57. The number of hydrogen-bond acceptors (Lipinski definition) is 5. The number of rotatable bonds is 7. The topological polar surface area (TPSA) is 92.8 Å². The molecule has 0 radical (unpaired) electrons. The maximum absolute atomic E-state index is 14.1. The molecule has 0 fully saturated rings. The van der Waals surface area contributed by atoms with E-state index in [4.69, 9.17) is 32.7 Å². The maximum Gasteiger partial charge on any atom is 0.347 e. The van der Waals surface area contributed by atoms with Crippen molar-refractivity contribution >= 4 is 52.2 Å². The number of H-pyrrole nitrogens is 1. The van der Waals surface area contributed by atoms with Gasteiger partial charge in [-0.15, -0.1) is 0 Å². The van der Waals surface area contributed by atoms with Gasteiger partial charge in [-0.3, -0.25) is 4.79 Å². The van der Waals surface area contributed by atoms with Gasteiger partial charge in [0.15, 0.2) is 0 Å². The standard InChI is InChI=1S/C30H20Cl2FN3O4/c1-39-26-13-10-18(31)14-22(26)30(38)40-25-9-5-2-6-17(25)16-34-36-29(37)28-27(20-7-3-4-8-23(20)32)21-15-19(33)11-12-24(21)35-28/h2-16,35H,1H3,(H,36,37). The number of hydrazone groups is 1. The summed E-state index contributed by atoms with van der Waals surface area (Å²) in [6.45, 7) is 0. The summed E-state index contributed by atoms with van der Waals surface area (Å²) in [6.07, 6.45) is 1.34. The molecule has 200 valence electrons. The lowest BCUT2D eigenvalue weighted by atomic mass is 10.0. The summed E-state index contributed by atoms with van der Waals surface area (Å²) in [5.41, 5.74) is 4.75. The van der Waals surface area contributed by atoms with Gasteiger partial charge in [0, 0.05) is 37.6 Å². The molecule has 0 spiro atoms. The Kier molecular flexibility index (Phi) is 7.82. The highest BCUT2D eigenvalue weighted by Gasteiger charge is 2.21. The van der Waals surface area contributed by atoms with E-state index in [0.717, 1.165) is 0 Å². The number of aromatic amines is 1. The van der Waals surface area contributed by atoms with Crippen LogP contribution < -0.4 is 14.9 Å². The number of amides is 1. The first kappa shape index (κ1) is 26.9. The predicted octanol–water partition coefficient (Wildman–Crippen LogP) is 7.27. The highest BCUT2D eigenvalue weighted by Crippen LogP contribution is 2.37. The smallest absolute Gasteiger partial charge is 0.347 e. The Morgan fingerprint density at radius 1 is 0.950 bits per heavy atom. The molecule has 10 heteroatoms. The lowest BCUT2D eigenvalue weighted by Crippen LogP contribution is -2.19. The van der Waals surface area contributed by atoms with Crippen LogP contribution in [0, 0.1) is 5.82 Å². The van der Waals surface area contributed by atoms with E-state index in [-0.39, 0.29) is 17.0 Å². The Hall–Kier alpha value is -4.66. The molecule has 0 aliphatic carbocycles. The summed E-state index contributed by atoms with van der Waals surface area (Å²) >= 11 is 12.5. The number of carbonyl (C=O) groups excluding carboxylic acids is 2. The van der Waals surface area contributed by atoms with E-state index in [2.05, 4.69) is 15.5 Å². The number of hydrogen-bond donors (Lipinski definition) is 2. The summed E-state index contributed by atoms with van der Waals surface area (Å²) in [5.74, 6) is -1.21. The van der Waals surface area contributed by atoms with Crippen LogP contribution >= 0.6 is 23.2 Å². The number of esters is 1. The van der Waals surface area contributed by atoms with Gasteiger partial charge in [-0.05, 0) is 54.6 Å². The molecule has 0 aliphatic rings. The molecule has 1 amide bonds. The molecule has 7 nitrogen and oxygen atoms in total. The van der Waals surface area contributed by atoms with Crippen molar-refractivity contribution in [2.45, 2.75) is 0 Å². The number of carbonyl (C=O) groups is 2. The quantitative estimate of drug-likeness (QED) is 0.0923. The molecule has 5 aromatic rings. The minimum absolute atomic E-state index is 0.150. The first-order chi connectivity index (χ1) is 19.4. The van der Waals surface area contributed by atoms with Crippen LogP contribution in [0.3, 0.4) is 0 Å². The number of methoxy groups -OCH3 is 1. The first-order valence-corrected chi connectivity index (χ1v) is 12.7. The second-order valence-corrected chi connectivity index (χ2v) is 9.36. The molecule has 4 aromatic carbocycles. The number of para-hydroxylation sites is 1. The van der Waals surface area contributed by atoms with E-state index >= 15 is 0 Å². The van der Waals surface area contributed by atoms with Crippen LogP contribution in [-0.2, 0) is 0 Å². The molecule has 0 atom stereocenters. The second kappa shape index (κ2) is 11.6. The van der Waals surface area contributed by atoms with E-state index in [1.807, 2.05) is 0 Å². The predicted molar refractivity (Wildman–Crippen MR) is 153 cm³/mol. The zero-order chi connectivity index (χ0) is 28.2. The summed E-state index contributed by atoms with van der Waals surface area (Å²) in [4.78, 5) is 29.1. The number of nitrogens with one attached hydrogen (secondary N) is 2. The lowest BCUT2D eigenvalue weighted by Gasteiger charge is -2.10. The first-order valence-electron chi connectivity index (χ1n) is 11.9. The Balaban J connectivity index is 1.41. The fourth-order valence-electron chi connectivity index (χ4n) is 4.17. The van der Waals surface area contributed by atoms with Gasteiger partial charge in [-0.25, -0.2) is 14.6 Å². The molecule has 0 bridgehead atoms. The van der Waals surface area contributed by atoms with Gasteiger partial charge in [0.1, 0.15) is 28.6 Å². The van der Waals surface area contributed by atoms with E-state index in [0.29, 0.717) is 43.4 Å². The van der Waals surface area contributed by atoms with Gasteiger partial charge >= 0.3 is 5.97 Å². The Bertz CT molecular complexity index is 1780. The van der Waals surface area contributed by atoms with Crippen molar-refractivity contribution < 1.29 is 23.5 Å². The normalized spacial score (nSPS) is 11.1. The third-order valence-electron chi connectivity index (χ3n) is 6.00. The molecular weight excluding hydrogens is 556 g/mol. The van der Waals surface area contributed by atoms with Crippen LogP contribution in [0.4, 0.5) is 4.39 Å². The minimum Gasteiger partial charge on any atom is -0.496 e. The van der Waals surface area contributed by atoms with Crippen molar-refractivity contribution in [3.8, 4) is 22.6 Å². The number of ether oxygens (including phenoxy) is 2. The minimum atomic E-state index is -0.682. The third kappa shape index (κ3) is 5.54. The zero-order valence-electron chi connectivity index (χ0n) is 20.9. The zero-order valence-corrected chi connectivity index (χ0v) is 22.4. The molecule has 1 heterocycles. The second-order valence-electron chi connectivity index (χ2n) is 8.52. The van der Waals surface area contributed by atoms with Gasteiger partial charge in [0.2, 0.25) is 0 Å². The molecular formula is C30H20Cl2FN3O4. The Morgan fingerprint density at radius 3 is 2.52 bits per heavy atom. The Morgan fingerprint density at radius 2 is 1.73 bits per heavy atom. The maximum atomic E-state index is 14.1. The van der Waals surface area contributed by atoms with Crippen molar-refractivity contribution in [2.24, 2.45) is 5.10 Å². The van der Waals surface area contributed by atoms with Gasteiger partial charge in [0.25, 0.3) is 5.91 Å². The SMILES string of the molecule is COc1ccc(Cl)cc1C(=O)Oc1ccccc1C=NNC(=O)c1[nH]c2ccc(F)cc2c1-c1ccccc1Cl. The van der Waals surface area contributed by atoms with Crippen LogP contribution in [0.1, 0.15) is 26.4 Å².